The van der Waals surface area contributed by atoms with Crippen molar-refractivity contribution in [2.75, 3.05) is 0 Å². The van der Waals surface area contributed by atoms with E-state index in [0.29, 0.717) is 0 Å². The lowest BCUT2D eigenvalue weighted by Gasteiger charge is -2.01. The quantitative estimate of drug-likeness (QED) is 0.471. The van der Waals surface area contributed by atoms with E-state index in [-0.39, 0.29) is 10.0 Å². The fourth-order valence-corrected chi connectivity index (χ4v) is 2.68. The van der Waals surface area contributed by atoms with Gasteiger partial charge in [0, 0.05) is 15.2 Å². The monoisotopic (exact) mass is 324 g/mol. The average molecular weight is 326 g/mol. The zero-order chi connectivity index (χ0) is 12.5. The average Bonchev–Trinajstić information content (AvgIpc) is 2.14. The maximum Gasteiger partial charge on any atom is 0.306 e. The Morgan fingerprint density at radius 2 is 2.06 bits per heavy atom. The molecule has 0 radical (unpaired) electrons. The first-order valence-corrected chi connectivity index (χ1v) is 6.70. The Morgan fingerprint density at radius 1 is 1.50 bits per heavy atom. The van der Waals surface area contributed by atoms with Crippen LogP contribution in [-0.4, -0.2) is 13.3 Å². The molecule has 0 N–H and O–H groups in total. The topological polar surface area (TPSA) is 101 Å². The lowest BCUT2D eigenvalue weighted by atomic mass is 10.2. The lowest BCUT2D eigenvalue weighted by Crippen LogP contribution is -2.01. The zero-order valence-electron chi connectivity index (χ0n) is 7.35. The Morgan fingerprint density at radius 3 is 2.44 bits per heavy atom. The van der Waals surface area contributed by atoms with Crippen LogP contribution in [0.15, 0.2) is 21.5 Å². The van der Waals surface area contributed by atoms with Crippen LogP contribution in [0.3, 0.4) is 0 Å². The molecule has 0 unspecified atom stereocenters. The summed E-state index contributed by atoms with van der Waals surface area (Å²) in [7, 11) is 0.762. The first-order chi connectivity index (χ1) is 7.27. The van der Waals surface area contributed by atoms with Crippen molar-refractivity contribution >= 4 is 41.4 Å². The second-order valence-corrected chi connectivity index (χ2v) is 6.06. The molecule has 6 nitrogen and oxygen atoms in total. The van der Waals surface area contributed by atoms with Crippen LogP contribution in [0.5, 0.6) is 0 Å². The molecule has 1 rings (SSSR count). The first-order valence-electron chi connectivity index (χ1n) is 3.60. The second-order valence-electron chi connectivity index (χ2n) is 2.61. The first kappa shape index (κ1) is 12.9. The number of halogens is 2. The van der Waals surface area contributed by atoms with Crippen LogP contribution in [0.2, 0.25) is 0 Å². The second kappa shape index (κ2) is 4.37. The maximum absolute atomic E-state index is 11.1. The summed E-state index contributed by atoms with van der Waals surface area (Å²) in [4.78, 5) is 9.01. The predicted octanol–water partition coefficient (Wildman–Crippen LogP) is 2.16. The summed E-state index contributed by atoms with van der Waals surface area (Å²) >= 11 is 2.93. The van der Waals surface area contributed by atoms with E-state index in [4.69, 9.17) is 15.9 Å². The molecule has 0 atom stereocenters. The molecule has 0 aliphatic heterocycles. The molecule has 0 aromatic heterocycles. The molecule has 0 aliphatic carbocycles. The summed E-state index contributed by atoms with van der Waals surface area (Å²) in [5.41, 5.74) is -1.20. The molecule has 9 heteroatoms. The van der Waals surface area contributed by atoms with Crippen molar-refractivity contribution in [1.82, 2.24) is 0 Å². The third kappa shape index (κ3) is 2.49. The summed E-state index contributed by atoms with van der Waals surface area (Å²) in [6.45, 7) is 0. The van der Waals surface area contributed by atoms with E-state index in [9.17, 15) is 18.5 Å². The van der Waals surface area contributed by atoms with Crippen LogP contribution in [-0.2, 0) is 9.05 Å². The van der Waals surface area contributed by atoms with Gasteiger partial charge >= 0.3 is 5.69 Å². The van der Waals surface area contributed by atoms with E-state index in [2.05, 4.69) is 15.9 Å². The third-order valence-corrected chi connectivity index (χ3v) is 3.40. The van der Waals surface area contributed by atoms with Gasteiger partial charge in [0.25, 0.3) is 9.05 Å². The van der Waals surface area contributed by atoms with Gasteiger partial charge in [0.15, 0.2) is 4.90 Å². The Kier molecular flexibility index (Phi) is 3.52. The molecule has 0 aliphatic rings. The number of nitrogens with zero attached hydrogens (tertiary/aromatic N) is 2. The number of nitro groups is 1. The number of hydrogen-bond donors (Lipinski definition) is 0. The number of nitriles is 1. The molecule has 1 aromatic carbocycles. The fraction of sp³-hybridized carbons (Fsp3) is 0. The van der Waals surface area contributed by atoms with Crippen LogP contribution in [0.4, 0.5) is 5.69 Å². The van der Waals surface area contributed by atoms with Crippen molar-refractivity contribution < 1.29 is 13.3 Å². The minimum Gasteiger partial charge on any atom is -0.258 e. The van der Waals surface area contributed by atoms with Gasteiger partial charge < -0.3 is 0 Å². The largest absolute Gasteiger partial charge is 0.306 e. The molecule has 84 valence electrons. The highest BCUT2D eigenvalue weighted by atomic mass is 79.9. The highest BCUT2D eigenvalue weighted by Gasteiger charge is 2.28. The Balaban J connectivity index is 3.80. The van der Waals surface area contributed by atoms with Gasteiger partial charge in [-0.2, -0.15) is 5.26 Å². The Bertz CT molecular complexity index is 608. The van der Waals surface area contributed by atoms with Gasteiger partial charge in [-0.3, -0.25) is 10.1 Å². The van der Waals surface area contributed by atoms with Crippen molar-refractivity contribution in [1.29, 1.82) is 5.26 Å². The molecule has 0 saturated carbocycles. The van der Waals surface area contributed by atoms with E-state index in [1.54, 1.807) is 0 Å². The minimum absolute atomic E-state index is 0.217. The maximum atomic E-state index is 11.1. The van der Waals surface area contributed by atoms with E-state index in [0.717, 1.165) is 12.1 Å². The van der Waals surface area contributed by atoms with Gasteiger partial charge in [-0.25, -0.2) is 8.42 Å². The summed E-state index contributed by atoms with van der Waals surface area (Å²) in [6.07, 6.45) is 0. The van der Waals surface area contributed by atoms with Crippen molar-refractivity contribution in [2.24, 2.45) is 0 Å². The summed E-state index contributed by atoms with van der Waals surface area (Å²) < 4.78 is 22.4. The molecule has 0 heterocycles. The van der Waals surface area contributed by atoms with Crippen LogP contribution in [0, 0.1) is 21.4 Å². The number of hydrogen-bond acceptors (Lipinski definition) is 5. The lowest BCUT2D eigenvalue weighted by molar-refractivity contribution is -0.388. The molecule has 0 spiro atoms. The highest BCUT2D eigenvalue weighted by Crippen LogP contribution is 2.33. The van der Waals surface area contributed by atoms with Gasteiger partial charge in [0.05, 0.1) is 4.92 Å². The zero-order valence-corrected chi connectivity index (χ0v) is 10.5. The van der Waals surface area contributed by atoms with Crippen LogP contribution in [0.1, 0.15) is 5.56 Å². The number of benzene rings is 1. The van der Waals surface area contributed by atoms with Gasteiger partial charge in [-0.15, -0.1) is 0 Å². The summed E-state index contributed by atoms with van der Waals surface area (Å²) in [6, 6.07) is 3.65. The Labute approximate surface area is 103 Å². The van der Waals surface area contributed by atoms with Crippen molar-refractivity contribution in [2.45, 2.75) is 4.90 Å². The Hall–Kier alpha value is -1.17. The predicted molar refractivity (Wildman–Crippen MR) is 58.6 cm³/mol. The molecule has 16 heavy (non-hydrogen) atoms. The molecule has 0 saturated heterocycles. The summed E-state index contributed by atoms with van der Waals surface area (Å²) in [5, 5.41) is 19.3. The highest BCUT2D eigenvalue weighted by molar-refractivity contribution is 9.10. The van der Waals surface area contributed by atoms with E-state index in [1.165, 1.54) is 6.07 Å². The molecule has 0 fully saturated rings. The fourth-order valence-electron chi connectivity index (χ4n) is 1.03. The molecular weight excluding hydrogens is 324 g/mol. The van der Waals surface area contributed by atoms with Gasteiger partial charge in [-0.1, -0.05) is 15.9 Å². The summed E-state index contributed by atoms with van der Waals surface area (Å²) in [5.74, 6) is 0. The van der Waals surface area contributed by atoms with Gasteiger partial charge in [0.2, 0.25) is 0 Å². The van der Waals surface area contributed by atoms with Crippen LogP contribution < -0.4 is 0 Å². The van der Waals surface area contributed by atoms with Crippen LogP contribution >= 0.6 is 26.6 Å². The number of rotatable bonds is 2. The van der Waals surface area contributed by atoms with Crippen LogP contribution in [0.25, 0.3) is 0 Å². The SMILES string of the molecule is N#Cc1cc(Br)cc(S(=O)(=O)Cl)c1[N+](=O)[O-]. The van der Waals surface area contributed by atoms with Crippen molar-refractivity contribution in [3.05, 3.63) is 32.3 Å². The van der Waals surface area contributed by atoms with Gasteiger partial charge in [-0.05, 0) is 12.1 Å². The minimum atomic E-state index is -4.28. The number of nitro benzene ring substituents is 1. The third-order valence-electron chi connectivity index (χ3n) is 1.61. The van der Waals surface area contributed by atoms with Crippen molar-refractivity contribution in [3.8, 4) is 6.07 Å². The van der Waals surface area contributed by atoms with Crippen molar-refractivity contribution in [3.63, 3.8) is 0 Å². The molecular formula is C7H2BrClN2O4S. The van der Waals surface area contributed by atoms with E-state index >= 15 is 0 Å². The smallest absolute Gasteiger partial charge is 0.258 e. The van der Waals surface area contributed by atoms with E-state index < -0.39 is 24.6 Å². The molecule has 1 aromatic rings. The molecule has 0 bridgehead atoms. The molecule has 0 amide bonds. The van der Waals surface area contributed by atoms with E-state index in [1.807, 2.05) is 0 Å². The standard InChI is InChI=1S/C7H2BrClN2O4S/c8-5-1-4(3-10)7(11(12)13)6(2-5)16(9,14)15/h1-2H. The normalized spacial score (nSPS) is 10.8. The van der Waals surface area contributed by atoms with Gasteiger partial charge in [0.1, 0.15) is 11.6 Å².